The van der Waals surface area contributed by atoms with E-state index >= 15 is 0 Å². The van der Waals surface area contributed by atoms with E-state index in [0.717, 1.165) is 25.7 Å². The summed E-state index contributed by atoms with van der Waals surface area (Å²) >= 11 is 0. The van der Waals surface area contributed by atoms with Gasteiger partial charge in [0.15, 0.2) is 29.2 Å². The van der Waals surface area contributed by atoms with Crippen LogP contribution in [0.1, 0.15) is 92.4 Å². The van der Waals surface area contributed by atoms with E-state index in [4.69, 9.17) is 38.8 Å². The van der Waals surface area contributed by atoms with Crippen LogP contribution in [-0.4, -0.2) is 114 Å². The third kappa shape index (κ3) is 12.8. The SMILES string of the molecule is COC(C)(C)CCCC(C)CCOc1ccc(S(=O)(=O)C2(C(=O)NO)CCOCC2)cc1.COC(C)(C)CCOc1ccc(S(=O)(=O)C2(C(=O)NO)CCOCC2)cc1. The summed E-state index contributed by atoms with van der Waals surface area (Å²) in [5.74, 6) is -0.262. The Bertz CT molecular complexity index is 1840. The lowest BCUT2D eigenvalue weighted by atomic mass is 9.95. The summed E-state index contributed by atoms with van der Waals surface area (Å²) in [4.78, 5) is 24.5. The summed E-state index contributed by atoms with van der Waals surface area (Å²) in [6.07, 6.45) is 4.68. The lowest BCUT2D eigenvalue weighted by Crippen LogP contribution is -2.54. The maximum Gasteiger partial charge on any atom is 0.265 e. The largest absolute Gasteiger partial charge is 0.494 e. The van der Waals surface area contributed by atoms with Gasteiger partial charge in [0.2, 0.25) is 0 Å². The number of hydroxylamine groups is 2. The molecule has 2 aromatic rings. The number of nitrogens with one attached hydrogen (secondary N) is 2. The van der Waals surface area contributed by atoms with Gasteiger partial charge < -0.3 is 28.4 Å². The molecule has 0 aliphatic carbocycles. The summed E-state index contributed by atoms with van der Waals surface area (Å²) < 4.78 is 81.9. The van der Waals surface area contributed by atoms with Gasteiger partial charge in [0, 0.05) is 47.1 Å². The first-order chi connectivity index (χ1) is 27.8. The molecule has 0 spiro atoms. The van der Waals surface area contributed by atoms with Crippen molar-refractivity contribution in [3.05, 3.63) is 48.5 Å². The molecule has 1 unspecified atom stereocenters. The smallest absolute Gasteiger partial charge is 0.265 e. The van der Waals surface area contributed by atoms with Crippen LogP contribution in [0.25, 0.3) is 0 Å². The van der Waals surface area contributed by atoms with Crippen molar-refractivity contribution in [3.8, 4) is 11.5 Å². The molecule has 0 radical (unpaired) electrons. The monoisotopic (exact) mass is 872 g/mol. The normalized spacial score (nSPS) is 17.4. The third-order valence-electron chi connectivity index (χ3n) is 11.4. The van der Waals surface area contributed by atoms with Crippen LogP contribution in [-0.2, 0) is 48.2 Å². The van der Waals surface area contributed by atoms with Crippen LogP contribution in [0.15, 0.2) is 58.3 Å². The molecular weight excluding hydrogens is 809 g/mol. The maximum atomic E-state index is 13.2. The van der Waals surface area contributed by atoms with Crippen molar-refractivity contribution in [2.45, 2.75) is 123 Å². The van der Waals surface area contributed by atoms with Crippen molar-refractivity contribution in [1.29, 1.82) is 0 Å². The molecule has 0 bridgehead atoms. The van der Waals surface area contributed by atoms with Gasteiger partial charge in [0.1, 0.15) is 11.5 Å². The number of sulfone groups is 2. The molecule has 4 rings (SSSR count). The molecule has 1 atom stereocenters. The molecule has 2 amide bonds. The second kappa shape index (κ2) is 21.9. The molecule has 334 valence electrons. The van der Waals surface area contributed by atoms with Gasteiger partial charge in [-0.25, -0.2) is 27.8 Å². The maximum absolute atomic E-state index is 13.2. The predicted molar refractivity (Wildman–Crippen MR) is 218 cm³/mol. The predicted octanol–water partition coefficient (Wildman–Crippen LogP) is 5.22. The lowest BCUT2D eigenvalue weighted by molar-refractivity contribution is -0.135. The minimum Gasteiger partial charge on any atom is -0.494 e. The minimum absolute atomic E-state index is 0.00225. The molecule has 18 heteroatoms. The van der Waals surface area contributed by atoms with Gasteiger partial charge in [0.25, 0.3) is 11.8 Å². The molecule has 2 aromatic carbocycles. The quantitative estimate of drug-likeness (QED) is 0.0990. The average Bonchev–Trinajstić information content (AvgIpc) is 3.24. The zero-order valence-electron chi connectivity index (χ0n) is 35.4. The number of ether oxygens (including phenoxy) is 6. The van der Waals surface area contributed by atoms with E-state index in [1.54, 1.807) is 38.5 Å². The van der Waals surface area contributed by atoms with E-state index in [-0.39, 0.29) is 73.1 Å². The molecule has 0 saturated carbocycles. The van der Waals surface area contributed by atoms with Crippen LogP contribution in [0.4, 0.5) is 0 Å². The molecule has 59 heavy (non-hydrogen) atoms. The highest BCUT2D eigenvalue weighted by Gasteiger charge is 2.53. The molecule has 2 heterocycles. The standard InChI is InChI=1S/C23H37NO7S.C18H27NO7S/c1-18(6-5-12-22(2,3)29-4)11-15-31-19-7-9-20(10-8-19)32(27,28)23(21(25)24-26)13-16-30-17-14-23;1-17(2,24-3)8-13-26-14-4-6-15(7-5-14)27(22,23)18(16(20)19-21)9-11-25-12-10-18/h7-10,18,26H,5-6,11-17H2,1-4H3,(H,24,25);4-7,21H,8-13H2,1-3H3,(H,19,20). The van der Waals surface area contributed by atoms with Crippen LogP contribution in [0.2, 0.25) is 0 Å². The van der Waals surface area contributed by atoms with E-state index in [2.05, 4.69) is 20.8 Å². The number of carbonyl (C=O) groups is 2. The number of rotatable bonds is 20. The topological polar surface area (TPSA) is 222 Å². The summed E-state index contributed by atoms with van der Waals surface area (Å²) in [5, 5.41) is 18.2. The Labute approximate surface area is 349 Å². The number of amides is 2. The van der Waals surface area contributed by atoms with E-state index in [1.165, 1.54) is 35.2 Å². The minimum atomic E-state index is -4.03. The molecule has 16 nitrogen and oxygen atoms in total. The van der Waals surface area contributed by atoms with Crippen LogP contribution < -0.4 is 20.4 Å². The Morgan fingerprint density at radius 1 is 0.661 bits per heavy atom. The van der Waals surface area contributed by atoms with Gasteiger partial charge in [0.05, 0.1) is 34.2 Å². The van der Waals surface area contributed by atoms with Crippen LogP contribution >= 0.6 is 0 Å². The fourth-order valence-electron chi connectivity index (χ4n) is 6.74. The number of methoxy groups -OCH3 is 2. The van der Waals surface area contributed by atoms with Crippen LogP contribution in [0.3, 0.4) is 0 Å². The van der Waals surface area contributed by atoms with E-state index in [1.807, 2.05) is 13.8 Å². The van der Waals surface area contributed by atoms with Gasteiger partial charge in [-0.3, -0.25) is 20.0 Å². The second-order valence-corrected chi connectivity index (χ2v) is 20.7. The molecule has 0 aromatic heterocycles. The van der Waals surface area contributed by atoms with Crippen LogP contribution in [0.5, 0.6) is 11.5 Å². The first-order valence-corrected chi connectivity index (χ1v) is 22.8. The zero-order valence-corrected chi connectivity index (χ0v) is 37.0. The van der Waals surface area contributed by atoms with Crippen molar-refractivity contribution in [3.63, 3.8) is 0 Å². The number of hydrogen-bond acceptors (Lipinski definition) is 14. The Hall–Kier alpha value is -3.36. The highest BCUT2D eigenvalue weighted by atomic mass is 32.2. The highest BCUT2D eigenvalue weighted by molar-refractivity contribution is 7.94. The van der Waals surface area contributed by atoms with Gasteiger partial charge >= 0.3 is 0 Å². The Balaban J connectivity index is 0.000000320. The molecule has 2 fully saturated rings. The Morgan fingerprint density at radius 3 is 1.41 bits per heavy atom. The average molecular weight is 873 g/mol. The highest BCUT2D eigenvalue weighted by Crippen LogP contribution is 2.37. The van der Waals surface area contributed by atoms with Crippen molar-refractivity contribution in [2.24, 2.45) is 5.92 Å². The van der Waals surface area contributed by atoms with Gasteiger partial charge in [-0.2, -0.15) is 0 Å². The van der Waals surface area contributed by atoms with E-state index in [9.17, 15) is 26.4 Å². The molecule has 2 saturated heterocycles. The number of benzene rings is 2. The van der Waals surface area contributed by atoms with E-state index < -0.39 is 41.0 Å². The first kappa shape index (κ1) is 50.0. The first-order valence-electron chi connectivity index (χ1n) is 19.9. The fraction of sp³-hybridized carbons (Fsp3) is 0.659. The van der Waals surface area contributed by atoms with Crippen molar-refractivity contribution in [2.75, 3.05) is 53.9 Å². The van der Waals surface area contributed by atoms with Gasteiger partial charge in [-0.15, -0.1) is 0 Å². The van der Waals surface area contributed by atoms with Crippen molar-refractivity contribution < 1.29 is 65.3 Å². The summed E-state index contributed by atoms with van der Waals surface area (Å²) in [6, 6.07) is 12.0. The fourth-order valence-corrected chi connectivity index (χ4v) is 10.6. The summed E-state index contributed by atoms with van der Waals surface area (Å²) in [5.41, 5.74) is 2.61. The summed E-state index contributed by atoms with van der Waals surface area (Å²) in [6.45, 7) is 11.7. The van der Waals surface area contributed by atoms with Gasteiger partial charge in [-0.1, -0.05) is 19.8 Å². The molecule has 2 aliphatic heterocycles. The second-order valence-electron chi connectivity index (χ2n) is 16.2. The zero-order chi connectivity index (χ0) is 44.0. The van der Waals surface area contributed by atoms with Gasteiger partial charge in [-0.05, 0) is 121 Å². The molecule has 2 aliphatic rings. The molecular formula is C41H64N2O14S2. The van der Waals surface area contributed by atoms with E-state index in [0.29, 0.717) is 37.1 Å². The van der Waals surface area contributed by atoms with Crippen LogP contribution in [0, 0.1) is 5.92 Å². The Morgan fingerprint density at radius 2 is 1.03 bits per heavy atom. The summed E-state index contributed by atoms with van der Waals surface area (Å²) in [7, 11) is -4.69. The van der Waals surface area contributed by atoms with Crippen molar-refractivity contribution >= 4 is 31.5 Å². The van der Waals surface area contributed by atoms with Crippen molar-refractivity contribution in [1.82, 2.24) is 11.0 Å². The lowest BCUT2D eigenvalue weighted by Gasteiger charge is -2.34. The third-order valence-corrected chi connectivity index (χ3v) is 16.4. The Kier molecular flexibility index (Phi) is 18.6. The molecule has 4 N–H and O–H groups in total. The number of hydrogen-bond donors (Lipinski definition) is 4. The number of carbonyl (C=O) groups excluding carboxylic acids is 2.